The molecular weight excluding hydrogens is 382 g/mol. The summed E-state index contributed by atoms with van der Waals surface area (Å²) >= 11 is 0. The van der Waals surface area contributed by atoms with Crippen LogP contribution >= 0.6 is 0 Å². The number of benzene rings is 2. The van der Waals surface area contributed by atoms with E-state index in [1.54, 1.807) is 63.2 Å². The lowest BCUT2D eigenvalue weighted by atomic mass is 10.1. The molecule has 0 unspecified atom stereocenters. The van der Waals surface area contributed by atoms with Crippen LogP contribution in [0.3, 0.4) is 0 Å². The highest BCUT2D eigenvalue weighted by Crippen LogP contribution is 2.16. The molecule has 7 nitrogen and oxygen atoms in total. The third kappa shape index (κ3) is 6.63. The van der Waals surface area contributed by atoms with E-state index in [-0.39, 0.29) is 18.0 Å². The quantitative estimate of drug-likeness (QED) is 0.559. The van der Waals surface area contributed by atoms with Crippen molar-refractivity contribution in [2.75, 3.05) is 6.73 Å². The monoisotopic (exact) mass is 407 g/mol. The Morgan fingerprint density at radius 1 is 1.00 bits per heavy atom. The van der Waals surface area contributed by atoms with Crippen LogP contribution in [0.4, 0.5) is 4.79 Å². The third-order valence-electron chi connectivity index (χ3n) is 3.63. The first-order valence-electron chi connectivity index (χ1n) is 8.72. The average Bonchev–Trinajstić information content (AvgIpc) is 2.65. The highest BCUT2D eigenvalue weighted by Gasteiger charge is 2.25. The molecule has 0 aliphatic carbocycles. The van der Waals surface area contributed by atoms with Crippen molar-refractivity contribution in [3.63, 3.8) is 0 Å². The van der Waals surface area contributed by atoms with Gasteiger partial charge in [0.1, 0.15) is 12.3 Å². The van der Waals surface area contributed by atoms with Crippen LogP contribution in [-0.2, 0) is 32.2 Å². The molecule has 0 fully saturated rings. The van der Waals surface area contributed by atoms with Gasteiger partial charge in [0.2, 0.25) is 0 Å². The molecule has 2 rings (SSSR count). The number of amides is 1. The second-order valence-corrected chi connectivity index (χ2v) is 8.78. The standard InChI is InChI=1S/C20H25NO6S/c1-20(2,3)27-19(23)21(13-16-9-11-17(14-22)12-10-16)15-26-28(24,25)18-7-5-4-6-8-18/h4-12,22H,13-15H2,1-3H3. The van der Waals surface area contributed by atoms with Gasteiger partial charge in [0.05, 0.1) is 18.0 Å². The maximum Gasteiger partial charge on any atom is 0.412 e. The fraction of sp³-hybridized carbons (Fsp3) is 0.350. The van der Waals surface area contributed by atoms with Gasteiger partial charge in [0.25, 0.3) is 10.1 Å². The summed E-state index contributed by atoms with van der Waals surface area (Å²) in [5.74, 6) is 0. The molecular formula is C20H25NO6S. The minimum atomic E-state index is -4.02. The van der Waals surface area contributed by atoms with E-state index in [0.717, 1.165) is 11.1 Å². The Kier molecular flexibility index (Phi) is 7.17. The second-order valence-electron chi connectivity index (χ2n) is 7.17. The van der Waals surface area contributed by atoms with E-state index >= 15 is 0 Å². The van der Waals surface area contributed by atoms with E-state index in [2.05, 4.69) is 0 Å². The summed E-state index contributed by atoms with van der Waals surface area (Å²) < 4.78 is 35.2. The summed E-state index contributed by atoms with van der Waals surface area (Å²) in [5.41, 5.74) is 0.730. The summed E-state index contributed by atoms with van der Waals surface area (Å²) in [6.07, 6.45) is -0.693. The van der Waals surface area contributed by atoms with Crippen LogP contribution in [0.25, 0.3) is 0 Å². The maximum atomic E-state index is 12.5. The van der Waals surface area contributed by atoms with E-state index in [4.69, 9.17) is 14.0 Å². The number of ether oxygens (including phenoxy) is 1. The Hall–Kier alpha value is -2.42. The first-order valence-corrected chi connectivity index (χ1v) is 10.1. The predicted molar refractivity (Wildman–Crippen MR) is 104 cm³/mol. The van der Waals surface area contributed by atoms with E-state index in [9.17, 15) is 13.2 Å². The van der Waals surface area contributed by atoms with E-state index in [1.165, 1.54) is 17.0 Å². The van der Waals surface area contributed by atoms with Gasteiger partial charge in [-0.2, -0.15) is 8.42 Å². The first-order chi connectivity index (χ1) is 13.1. The molecule has 1 amide bonds. The molecule has 0 bridgehead atoms. The second kappa shape index (κ2) is 9.18. The normalized spacial score (nSPS) is 11.9. The Balaban J connectivity index is 2.16. The Labute approximate surface area is 165 Å². The molecule has 0 saturated carbocycles. The summed E-state index contributed by atoms with van der Waals surface area (Å²) in [6.45, 7) is 4.68. The van der Waals surface area contributed by atoms with Crippen LogP contribution in [0.1, 0.15) is 31.9 Å². The van der Waals surface area contributed by atoms with Crippen LogP contribution in [-0.4, -0.2) is 36.8 Å². The molecule has 28 heavy (non-hydrogen) atoms. The highest BCUT2D eigenvalue weighted by molar-refractivity contribution is 7.86. The zero-order chi connectivity index (χ0) is 20.8. The van der Waals surface area contributed by atoms with Gasteiger partial charge < -0.3 is 9.84 Å². The van der Waals surface area contributed by atoms with Crippen molar-refractivity contribution in [1.82, 2.24) is 4.90 Å². The lowest BCUT2D eigenvalue weighted by molar-refractivity contribution is 0.00860. The van der Waals surface area contributed by atoms with Crippen LogP contribution < -0.4 is 0 Å². The van der Waals surface area contributed by atoms with E-state index in [0.29, 0.717) is 0 Å². The van der Waals surface area contributed by atoms with Crippen molar-refractivity contribution in [3.05, 3.63) is 65.7 Å². The number of hydrogen-bond donors (Lipinski definition) is 1. The van der Waals surface area contributed by atoms with Gasteiger partial charge >= 0.3 is 6.09 Å². The SMILES string of the molecule is CC(C)(C)OC(=O)N(COS(=O)(=O)c1ccccc1)Cc1ccc(CO)cc1. The number of carbonyl (C=O) groups excluding carboxylic acids is 1. The number of carbonyl (C=O) groups is 1. The van der Waals surface area contributed by atoms with Gasteiger partial charge in [-0.1, -0.05) is 42.5 Å². The average molecular weight is 407 g/mol. The lowest BCUT2D eigenvalue weighted by Gasteiger charge is -2.27. The van der Waals surface area contributed by atoms with Gasteiger partial charge in [0.15, 0.2) is 0 Å². The van der Waals surface area contributed by atoms with Gasteiger partial charge in [-0.3, -0.25) is 4.90 Å². The van der Waals surface area contributed by atoms with Gasteiger partial charge in [-0.15, -0.1) is 0 Å². The molecule has 0 atom stereocenters. The number of rotatable bonds is 7. The zero-order valence-electron chi connectivity index (χ0n) is 16.2. The van der Waals surface area contributed by atoms with Gasteiger partial charge in [-0.05, 0) is 44.0 Å². The molecule has 8 heteroatoms. The van der Waals surface area contributed by atoms with Crippen LogP contribution in [0, 0.1) is 0 Å². The van der Waals surface area contributed by atoms with Crippen LogP contribution in [0.15, 0.2) is 59.5 Å². The molecule has 1 N–H and O–H groups in total. The summed E-state index contributed by atoms with van der Waals surface area (Å²) in [4.78, 5) is 13.7. The summed E-state index contributed by atoms with van der Waals surface area (Å²) in [7, 11) is -4.02. The molecule has 0 aliphatic rings. The largest absolute Gasteiger partial charge is 0.444 e. The molecule has 0 heterocycles. The topological polar surface area (TPSA) is 93.1 Å². The fourth-order valence-corrected chi connectivity index (χ4v) is 3.14. The fourth-order valence-electron chi connectivity index (χ4n) is 2.25. The molecule has 2 aromatic carbocycles. The summed E-state index contributed by atoms with van der Waals surface area (Å²) in [6, 6.07) is 14.6. The number of nitrogens with zero attached hydrogens (tertiary/aromatic N) is 1. The highest BCUT2D eigenvalue weighted by atomic mass is 32.2. The number of aliphatic hydroxyl groups excluding tert-OH is 1. The summed E-state index contributed by atoms with van der Waals surface area (Å²) in [5, 5.41) is 9.14. The molecule has 0 saturated heterocycles. The Bertz CT molecular complexity index is 873. The Morgan fingerprint density at radius 3 is 2.11 bits per heavy atom. The smallest absolute Gasteiger partial charge is 0.412 e. The van der Waals surface area contributed by atoms with Crippen LogP contribution in [0.5, 0.6) is 0 Å². The predicted octanol–water partition coefficient (Wildman–Crippen LogP) is 3.28. The molecule has 152 valence electrons. The Morgan fingerprint density at radius 2 is 1.57 bits per heavy atom. The minimum absolute atomic E-state index is 0.00596. The number of hydrogen-bond acceptors (Lipinski definition) is 6. The van der Waals surface area contributed by atoms with Gasteiger partial charge in [0, 0.05) is 0 Å². The number of aliphatic hydroxyl groups is 1. The van der Waals surface area contributed by atoms with E-state index < -0.39 is 28.5 Å². The van der Waals surface area contributed by atoms with Crippen molar-refractivity contribution in [3.8, 4) is 0 Å². The van der Waals surface area contributed by atoms with Gasteiger partial charge in [-0.25, -0.2) is 8.98 Å². The van der Waals surface area contributed by atoms with Crippen molar-refractivity contribution < 1.29 is 27.2 Å². The zero-order valence-corrected chi connectivity index (χ0v) is 17.0. The van der Waals surface area contributed by atoms with Crippen LogP contribution in [0.2, 0.25) is 0 Å². The van der Waals surface area contributed by atoms with E-state index in [1.807, 2.05) is 0 Å². The molecule has 2 aromatic rings. The third-order valence-corrected chi connectivity index (χ3v) is 4.89. The molecule has 0 aromatic heterocycles. The molecule has 0 spiro atoms. The van der Waals surface area contributed by atoms with Crippen molar-refractivity contribution in [2.45, 2.75) is 44.4 Å². The van der Waals surface area contributed by atoms with Crippen molar-refractivity contribution >= 4 is 16.2 Å². The lowest BCUT2D eigenvalue weighted by Crippen LogP contribution is -2.38. The van der Waals surface area contributed by atoms with Crippen molar-refractivity contribution in [2.24, 2.45) is 0 Å². The minimum Gasteiger partial charge on any atom is -0.444 e. The molecule has 0 aliphatic heterocycles. The maximum absolute atomic E-state index is 12.5. The molecule has 0 radical (unpaired) electrons. The van der Waals surface area contributed by atoms with Crippen molar-refractivity contribution in [1.29, 1.82) is 0 Å². The first kappa shape index (κ1) is 21.9.